The van der Waals surface area contributed by atoms with Gasteiger partial charge in [-0.15, -0.1) is 0 Å². The van der Waals surface area contributed by atoms with Crippen LogP contribution in [0.4, 0.5) is 11.4 Å². The summed E-state index contributed by atoms with van der Waals surface area (Å²) in [5, 5.41) is 10.7. The molecule has 0 aliphatic carbocycles. The average Bonchev–Trinajstić information content (AvgIpc) is 2.78. The fourth-order valence-corrected chi connectivity index (χ4v) is 2.98. The number of hydrogen-bond acceptors (Lipinski definition) is 8. The molecule has 32 heavy (non-hydrogen) atoms. The van der Waals surface area contributed by atoms with Gasteiger partial charge in [0.15, 0.2) is 0 Å². The molecule has 0 spiro atoms. The van der Waals surface area contributed by atoms with Gasteiger partial charge < -0.3 is 32.7 Å². The molecule has 0 saturated heterocycles. The lowest BCUT2D eigenvalue weighted by Gasteiger charge is -2.19. The topological polar surface area (TPSA) is 168 Å². The van der Waals surface area contributed by atoms with Crippen molar-refractivity contribution in [1.82, 2.24) is 10.6 Å². The Morgan fingerprint density at radius 2 is 1.19 bits per heavy atom. The zero-order valence-corrected chi connectivity index (χ0v) is 19.6. The Bertz CT molecular complexity index is 721. The third-order valence-corrected chi connectivity index (χ3v) is 4.96. The number of anilines is 2. The normalized spacial score (nSPS) is 12.4. The van der Waals surface area contributed by atoms with Gasteiger partial charge in [-0.05, 0) is 57.0 Å². The molecule has 12 heteroatoms. The Morgan fingerprint density at radius 1 is 0.781 bits per heavy atom. The number of rotatable bonds is 14. The van der Waals surface area contributed by atoms with E-state index in [4.69, 9.17) is 11.5 Å². The van der Waals surface area contributed by atoms with E-state index in [0.717, 1.165) is 0 Å². The summed E-state index contributed by atoms with van der Waals surface area (Å²) in [4.78, 5) is 48.6. The van der Waals surface area contributed by atoms with Crippen LogP contribution in [0.2, 0.25) is 0 Å². The van der Waals surface area contributed by atoms with Crippen molar-refractivity contribution in [3.05, 3.63) is 24.3 Å². The molecule has 0 fully saturated rings. The van der Waals surface area contributed by atoms with E-state index in [-0.39, 0.29) is 23.3 Å². The fourth-order valence-electron chi connectivity index (χ4n) is 2.79. The third kappa shape index (κ3) is 10.4. The highest BCUT2D eigenvalue weighted by molar-refractivity contribution is 7.81. The molecule has 0 aliphatic heterocycles. The van der Waals surface area contributed by atoms with Crippen molar-refractivity contribution >= 4 is 60.3 Å². The maximum absolute atomic E-state index is 12.6. The van der Waals surface area contributed by atoms with Crippen molar-refractivity contribution in [1.29, 1.82) is 0 Å². The van der Waals surface area contributed by atoms with Gasteiger partial charge in [-0.3, -0.25) is 19.2 Å². The highest BCUT2D eigenvalue weighted by Gasteiger charge is 2.22. The van der Waals surface area contributed by atoms with Crippen molar-refractivity contribution in [3.8, 4) is 0 Å². The number of nitrogens with one attached hydrogen (secondary N) is 4. The van der Waals surface area contributed by atoms with E-state index in [0.29, 0.717) is 50.1 Å². The highest BCUT2D eigenvalue weighted by Crippen LogP contribution is 2.16. The summed E-state index contributed by atoms with van der Waals surface area (Å²) in [5.41, 5.74) is 11.9. The van der Waals surface area contributed by atoms with Crippen LogP contribution in [0.5, 0.6) is 0 Å². The Hall–Kier alpha value is -2.28. The quantitative estimate of drug-likeness (QED) is 0.171. The number of hydrogen-bond donors (Lipinski definition) is 8. The van der Waals surface area contributed by atoms with Crippen LogP contribution in [0.25, 0.3) is 0 Å². The first-order valence-corrected chi connectivity index (χ1v) is 11.5. The first-order chi connectivity index (χ1) is 15.3. The number of nitrogens with two attached hydrogens (primary N) is 2. The molecule has 1 aromatic rings. The monoisotopic (exact) mass is 484 g/mol. The molecule has 2 unspecified atom stereocenters. The molecule has 10 nitrogen and oxygen atoms in total. The zero-order chi connectivity index (χ0) is 23.9. The lowest BCUT2D eigenvalue weighted by atomic mass is 10.1. The third-order valence-electron chi connectivity index (χ3n) is 4.38. The molecule has 0 saturated carbocycles. The van der Waals surface area contributed by atoms with Gasteiger partial charge in [-0.2, -0.15) is 25.3 Å². The van der Waals surface area contributed by atoms with Gasteiger partial charge in [0.25, 0.3) is 0 Å². The van der Waals surface area contributed by atoms with Crippen LogP contribution in [0.15, 0.2) is 24.3 Å². The Labute approximate surface area is 198 Å². The van der Waals surface area contributed by atoms with Crippen LogP contribution in [-0.4, -0.2) is 60.3 Å². The molecule has 1 aromatic carbocycles. The maximum atomic E-state index is 12.6. The van der Waals surface area contributed by atoms with E-state index in [1.807, 2.05) is 0 Å². The Balaban J connectivity index is 2.85. The Morgan fingerprint density at radius 3 is 1.53 bits per heavy atom. The van der Waals surface area contributed by atoms with E-state index in [1.165, 1.54) is 0 Å². The summed E-state index contributed by atoms with van der Waals surface area (Å²) < 4.78 is 0. The van der Waals surface area contributed by atoms with Crippen molar-refractivity contribution < 1.29 is 19.2 Å². The number of amides is 4. The molecule has 1 rings (SSSR count). The van der Waals surface area contributed by atoms with Crippen LogP contribution in [0.1, 0.15) is 25.7 Å². The van der Waals surface area contributed by atoms with Gasteiger partial charge >= 0.3 is 0 Å². The molecule has 2 atom stereocenters. The molecule has 0 aliphatic rings. The predicted octanol–water partition coefficient (Wildman–Crippen LogP) is -0.129. The van der Waals surface area contributed by atoms with Gasteiger partial charge in [0, 0.05) is 11.4 Å². The second-order valence-corrected chi connectivity index (χ2v) is 7.61. The van der Waals surface area contributed by atoms with Crippen LogP contribution < -0.4 is 32.7 Å². The smallest absolute Gasteiger partial charge is 0.246 e. The first-order valence-electron chi connectivity index (χ1n) is 10.3. The van der Waals surface area contributed by atoms with E-state index in [1.54, 1.807) is 24.3 Å². The van der Waals surface area contributed by atoms with Crippen molar-refractivity contribution in [3.63, 3.8) is 0 Å². The predicted molar refractivity (Wildman–Crippen MR) is 132 cm³/mol. The minimum absolute atomic E-state index is 0.0387. The maximum Gasteiger partial charge on any atom is 0.246 e. The fraction of sp³-hybridized carbons (Fsp3) is 0.500. The minimum Gasteiger partial charge on any atom is -0.344 e. The van der Waals surface area contributed by atoms with E-state index >= 15 is 0 Å². The van der Waals surface area contributed by atoms with Gasteiger partial charge in [-0.1, -0.05) is 6.07 Å². The van der Waals surface area contributed by atoms with Crippen LogP contribution >= 0.6 is 25.3 Å². The summed E-state index contributed by atoms with van der Waals surface area (Å²) in [6, 6.07) is 5.04. The number of benzene rings is 1. The largest absolute Gasteiger partial charge is 0.344 e. The second kappa shape index (κ2) is 15.5. The minimum atomic E-state index is -0.756. The lowest BCUT2D eigenvalue weighted by Crippen LogP contribution is -2.45. The van der Waals surface area contributed by atoms with E-state index in [9.17, 15) is 19.2 Å². The van der Waals surface area contributed by atoms with Crippen molar-refractivity contribution in [2.45, 2.75) is 37.8 Å². The molecule has 8 N–H and O–H groups in total. The average molecular weight is 485 g/mol. The molecule has 0 heterocycles. The molecule has 0 radical (unpaired) electrons. The second-order valence-electron chi connectivity index (χ2n) is 6.98. The van der Waals surface area contributed by atoms with Gasteiger partial charge in [0.2, 0.25) is 23.6 Å². The molecular formula is C20H32N6O4S2. The van der Waals surface area contributed by atoms with Crippen LogP contribution in [0, 0.1) is 0 Å². The van der Waals surface area contributed by atoms with Crippen molar-refractivity contribution in [2.24, 2.45) is 11.5 Å². The highest BCUT2D eigenvalue weighted by atomic mass is 32.1. The molecule has 178 valence electrons. The number of carbonyl (C=O) groups is 4. The first kappa shape index (κ1) is 27.8. The van der Waals surface area contributed by atoms with Crippen LogP contribution in [-0.2, 0) is 19.2 Å². The summed E-state index contributed by atoms with van der Waals surface area (Å²) in [7, 11) is 0. The molecule has 4 amide bonds. The number of carbonyl (C=O) groups excluding carboxylic acids is 4. The summed E-state index contributed by atoms with van der Waals surface area (Å²) >= 11 is 7.82. The van der Waals surface area contributed by atoms with Gasteiger partial charge in [-0.25, -0.2) is 0 Å². The van der Waals surface area contributed by atoms with E-state index in [2.05, 4.69) is 46.5 Å². The van der Waals surface area contributed by atoms with E-state index < -0.39 is 23.9 Å². The SMILES string of the molecule is NCCCC(NC(=O)CS)C(=O)Nc1cccc(NC(=O)C(CCCN)NC(=O)CS)c1. The molecule has 0 bridgehead atoms. The Kier molecular flexibility index (Phi) is 13.5. The van der Waals surface area contributed by atoms with Crippen LogP contribution in [0.3, 0.4) is 0 Å². The number of thiol groups is 2. The van der Waals surface area contributed by atoms with Gasteiger partial charge in [0.1, 0.15) is 12.1 Å². The summed E-state index contributed by atoms with van der Waals surface area (Å²) in [5.74, 6) is -1.61. The van der Waals surface area contributed by atoms with Gasteiger partial charge in [0.05, 0.1) is 11.5 Å². The molecule has 0 aromatic heterocycles. The summed E-state index contributed by atoms with van der Waals surface area (Å²) in [6.45, 7) is 0.772. The standard InChI is InChI=1S/C20H32N6O4S2/c21-8-2-6-15(25-17(27)11-31)19(29)23-13-4-1-5-14(10-13)24-20(30)16(7-3-9-22)26-18(28)12-32/h1,4-5,10,15-16,31-32H,2-3,6-9,11-12,21-22H2,(H,23,29)(H,24,30)(H,25,27)(H,26,28). The summed E-state index contributed by atoms with van der Waals surface area (Å²) in [6.07, 6.45) is 1.88. The van der Waals surface area contributed by atoms with Crippen molar-refractivity contribution in [2.75, 3.05) is 35.2 Å². The lowest BCUT2D eigenvalue weighted by molar-refractivity contribution is -0.125. The molecular weight excluding hydrogens is 452 g/mol. The zero-order valence-electron chi connectivity index (χ0n) is 17.8.